The van der Waals surface area contributed by atoms with E-state index in [1.54, 1.807) is 6.20 Å². The van der Waals surface area contributed by atoms with Gasteiger partial charge in [-0.1, -0.05) is 25.4 Å². The van der Waals surface area contributed by atoms with Crippen LogP contribution in [-0.2, 0) is 11.3 Å². The Morgan fingerprint density at radius 1 is 1.55 bits per heavy atom. The van der Waals surface area contributed by atoms with Crippen molar-refractivity contribution in [3.63, 3.8) is 0 Å². The molecule has 0 aromatic carbocycles. The molecule has 0 spiro atoms. The molecule has 20 heavy (non-hydrogen) atoms. The summed E-state index contributed by atoms with van der Waals surface area (Å²) in [5.74, 6) is 0. The van der Waals surface area contributed by atoms with Gasteiger partial charge < -0.3 is 10.1 Å². The van der Waals surface area contributed by atoms with E-state index in [1.807, 2.05) is 11.7 Å². The van der Waals surface area contributed by atoms with Crippen LogP contribution in [0.2, 0.25) is 5.02 Å². The lowest BCUT2D eigenvalue weighted by atomic mass is 10.1. The van der Waals surface area contributed by atoms with Crippen molar-refractivity contribution in [3.05, 3.63) is 16.9 Å². The second-order valence-electron chi connectivity index (χ2n) is 5.17. The van der Waals surface area contributed by atoms with Crippen molar-refractivity contribution in [2.24, 2.45) is 0 Å². The number of aryl methyl sites for hydroxylation is 1. The quantitative estimate of drug-likeness (QED) is 0.872. The highest BCUT2D eigenvalue weighted by Crippen LogP contribution is 2.28. The van der Waals surface area contributed by atoms with E-state index < -0.39 is 0 Å². The minimum absolute atomic E-state index is 0.0749. The molecular formula is C14H25ClN4O. The summed E-state index contributed by atoms with van der Waals surface area (Å²) in [5.41, 5.74) is 1.04. The number of ether oxygens (including phenoxy) is 1. The van der Waals surface area contributed by atoms with Gasteiger partial charge in [-0.05, 0) is 20.0 Å². The Kier molecular flexibility index (Phi) is 5.84. The fourth-order valence-corrected chi connectivity index (χ4v) is 3.05. The molecule has 6 heteroatoms. The number of hydrogen-bond acceptors (Lipinski definition) is 4. The van der Waals surface area contributed by atoms with Crippen molar-refractivity contribution < 1.29 is 4.74 Å². The van der Waals surface area contributed by atoms with Gasteiger partial charge in [0, 0.05) is 19.6 Å². The van der Waals surface area contributed by atoms with E-state index in [-0.39, 0.29) is 12.1 Å². The lowest BCUT2D eigenvalue weighted by Crippen LogP contribution is -2.48. The number of halogens is 1. The molecule has 1 aromatic heterocycles. The third-order valence-electron chi connectivity index (χ3n) is 3.87. The van der Waals surface area contributed by atoms with Crippen LogP contribution in [0.4, 0.5) is 0 Å². The minimum atomic E-state index is 0.0749. The first-order chi connectivity index (χ1) is 9.71. The Hall–Kier alpha value is -0.620. The first-order valence-electron chi connectivity index (χ1n) is 7.43. The normalized spacial score (nSPS) is 22.1. The first-order valence-corrected chi connectivity index (χ1v) is 7.81. The molecule has 1 N–H and O–H groups in total. The van der Waals surface area contributed by atoms with E-state index in [9.17, 15) is 0 Å². The summed E-state index contributed by atoms with van der Waals surface area (Å²) in [7, 11) is 1.96. The monoisotopic (exact) mass is 300 g/mol. The number of aromatic nitrogens is 2. The third-order valence-corrected chi connectivity index (χ3v) is 4.16. The molecule has 0 radical (unpaired) electrons. The average molecular weight is 301 g/mol. The summed E-state index contributed by atoms with van der Waals surface area (Å²) in [6.07, 6.45) is 2.88. The zero-order valence-electron chi connectivity index (χ0n) is 12.6. The van der Waals surface area contributed by atoms with Crippen LogP contribution in [0.3, 0.4) is 0 Å². The van der Waals surface area contributed by atoms with Crippen LogP contribution < -0.4 is 5.32 Å². The molecule has 2 unspecified atom stereocenters. The highest BCUT2D eigenvalue weighted by atomic mass is 35.5. The molecule has 0 aliphatic carbocycles. The van der Waals surface area contributed by atoms with Crippen LogP contribution in [0, 0.1) is 0 Å². The largest absolute Gasteiger partial charge is 0.374 e. The zero-order valence-corrected chi connectivity index (χ0v) is 13.4. The fraction of sp³-hybridized carbons (Fsp3) is 0.786. The second-order valence-corrected chi connectivity index (χ2v) is 5.58. The zero-order chi connectivity index (χ0) is 14.5. The number of rotatable bonds is 6. The smallest absolute Gasteiger partial charge is 0.0912 e. The van der Waals surface area contributed by atoms with Gasteiger partial charge in [-0.15, -0.1) is 0 Å². The minimum Gasteiger partial charge on any atom is -0.374 e. The molecular weight excluding hydrogens is 276 g/mol. The van der Waals surface area contributed by atoms with E-state index in [0.717, 1.165) is 49.9 Å². The lowest BCUT2D eigenvalue weighted by molar-refractivity contribution is -0.0457. The Morgan fingerprint density at radius 3 is 3.00 bits per heavy atom. The Bertz CT molecular complexity index is 423. The van der Waals surface area contributed by atoms with Gasteiger partial charge in [0.15, 0.2) is 0 Å². The first kappa shape index (κ1) is 15.8. The molecule has 5 nitrogen and oxygen atoms in total. The molecule has 1 fully saturated rings. The molecule has 0 saturated carbocycles. The lowest BCUT2D eigenvalue weighted by Gasteiger charge is -2.36. The van der Waals surface area contributed by atoms with E-state index in [4.69, 9.17) is 16.3 Å². The molecule has 114 valence electrons. The van der Waals surface area contributed by atoms with Crippen LogP contribution in [0.15, 0.2) is 6.20 Å². The van der Waals surface area contributed by atoms with Gasteiger partial charge in [-0.2, -0.15) is 5.10 Å². The van der Waals surface area contributed by atoms with E-state index in [0.29, 0.717) is 0 Å². The summed E-state index contributed by atoms with van der Waals surface area (Å²) in [6, 6.07) is 0.0749. The molecule has 1 aromatic rings. The Balaban J connectivity index is 2.21. The van der Waals surface area contributed by atoms with Gasteiger partial charge in [0.1, 0.15) is 0 Å². The summed E-state index contributed by atoms with van der Waals surface area (Å²) >= 11 is 6.35. The van der Waals surface area contributed by atoms with Crippen LogP contribution >= 0.6 is 11.6 Å². The molecule has 1 aliphatic rings. The number of hydrogen-bond donors (Lipinski definition) is 1. The number of morpholine rings is 1. The maximum atomic E-state index is 6.35. The maximum Gasteiger partial charge on any atom is 0.0912 e. The second kappa shape index (κ2) is 7.41. The number of nitrogens with zero attached hydrogens (tertiary/aromatic N) is 3. The number of nitrogens with one attached hydrogen (secondary N) is 1. The van der Waals surface area contributed by atoms with Crippen molar-refractivity contribution in [2.45, 2.75) is 39.0 Å². The van der Waals surface area contributed by atoms with Crippen molar-refractivity contribution in [1.29, 1.82) is 0 Å². The molecule has 1 aliphatic heterocycles. The Morgan fingerprint density at radius 2 is 2.35 bits per heavy atom. The van der Waals surface area contributed by atoms with Crippen LogP contribution in [0.5, 0.6) is 0 Å². The summed E-state index contributed by atoms with van der Waals surface area (Å²) in [6.45, 7) is 8.97. The predicted octanol–water partition coefficient (Wildman–Crippen LogP) is 1.93. The van der Waals surface area contributed by atoms with Gasteiger partial charge in [0.2, 0.25) is 0 Å². The molecule has 2 atom stereocenters. The van der Waals surface area contributed by atoms with Crippen molar-refractivity contribution in [3.8, 4) is 0 Å². The summed E-state index contributed by atoms with van der Waals surface area (Å²) < 4.78 is 7.97. The van der Waals surface area contributed by atoms with E-state index in [1.165, 1.54) is 0 Å². The molecule has 0 amide bonds. The van der Waals surface area contributed by atoms with Gasteiger partial charge in [0.25, 0.3) is 0 Å². The molecule has 2 heterocycles. The Labute approximate surface area is 126 Å². The SMILES string of the molecule is CCCn1ncc(Cl)c1C(NC)C1CN(CC)CCO1. The standard InChI is InChI=1S/C14H25ClN4O/c1-4-6-19-14(11(15)9-17-19)13(16-3)12-10-18(5-2)7-8-20-12/h9,12-13,16H,4-8,10H2,1-3H3. The van der Waals surface area contributed by atoms with Gasteiger partial charge >= 0.3 is 0 Å². The van der Waals surface area contributed by atoms with Gasteiger partial charge in [-0.3, -0.25) is 9.58 Å². The van der Waals surface area contributed by atoms with E-state index >= 15 is 0 Å². The van der Waals surface area contributed by atoms with Crippen molar-refractivity contribution >= 4 is 11.6 Å². The average Bonchev–Trinajstić information content (AvgIpc) is 2.82. The molecule has 2 rings (SSSR count). The van der Waals surface area contributed by atoms with Crippen LogP contribution in [0.25, 0.3) is 0 Å². The predicted molar refractivity (Wildman–Crippen MR) is 81.2 cm³/mol. The van der Waals surface area contributed by atoms with Crippen molar-refractivity contribution in [1.82, 2.24) is 20.0 Å². The highest BCUT2D eigenvalue weighted by molar-refractivity contribution is 6.31. The summed E-state index contributed by atoms with van der Waals surface area (Å²) in [4.78, 5) is 2.41. The summed E-state index contributed by atoms with van der Waals surface area (Å²) in [5, 5.41) is 8.46. The van der Waals surface area contributed by atoms with Crippen LogP contribution in [0.1, 0.15) is 32.0 Å². The highest BCUT2D eigenvalue weighted by Gasteiger charge is 2.31. The number of likely N-dealkylation sites (N-methyl/N-ethyl adjacent to an activating group) is 2. The van der Waals surface area contributed by atoms with Gasteiger partial charge in [0.05, 0.1) is 35.7 Å². The molecule has 1 saturated heterocycles. The fourth-order valence-electron chi connectivity index (χ4n) is 2.79. The van der Waals surface area contributed by atoms with E-state index in [2.05, 4.69) is 29.2 Å². The molecule has 0 bridgehead atoms. The topological polar surface area (TPSA) is 42.3 Å². The van der Waals surface area contributed by atoms with Gasteiger partial charge in [-0.25, -0.2) is 0 Å². The van der Waals surface area contributed by atoms with Crippen molar-refractivity contribution in [2.75, 3.05) is 33.3 Å². The van der Waals surface area contributed by atoms with Crippen LogP contribution in [-0.4, -0.2) is 54.1 Å². The maximum absolute atomic E-state index is 6.35. The third kappa shape index (κ3) is 3.34.